The normalized spacial score (nSPS) is 11.2. The third-order valence-electron chi connectivity index (χ3n) is 5.97. The summed E-state index contributed by atoms with van der Waals surface area (Å²) in [5.41, 5.74) is 7.88. The molecule has 42 heavy (non-hydrogen) atoms. The van der Waals surface area contributed by atoms with E-state index in [1.54, 1.807) is 12.2 Å². The summed E-state index contributed by atoms with van der Waals surface area (Å²) in [6, 6.07) is 21.1. The lowest BCUT2D eigenvalue weighted by atomic mass is 10.0. The third-order valence-corrected chi connectivity index (χ3v) is 5.97. The maximum absolute atomic E-state index is 12.3. The van der Waals surface area contributed by atoms with Gasteiger partial charge in [-0.3, -0.25) is 14.4 Å². The number of carbonyl (C=O) groups excluding carboxylic acids is 3. The van der Waals surface area contributed by atoms with Gasteiger partial charge in [-0.15, -0.1) is 0 Å². The second-order valence-electron chi connectivity index (χ2n) is 9.63. The lowest BCUT2D eigenvalue weighted by Gasteiger charge is -2.02. The molecule has 0 N–H and O–H groups in total. The van der Waals surface area contributed by atoms with E-state index in [1.807, 2.05) is 51.1 Å². The van der Waals surface area contributed by atoms with Crippen LogP contribution in [0.2, 0.25) is 0 Å². The molecule has 216 valence electrons. The first kappa shape index (κ1) is 35.1. The number of Topliss-reactive ketones (excluding diaryl/α,β-unsaturated/α-hetero) is 1. The van der Waals surface area contributed by atoms with Gasteiger partial charge in [-0.25, -0.2) is 0 Å². The van der Waals surface area contributed by atoms with Gasteiger partial charge in [-0.1, -0.05) is 121 Å². The van der Waals surface area contributed by atoms with Gasteiger partial charge >= 0.3 is 0 Å². The number of rotatable bonds is 9. The summed E-state index contributed by atoms with van der Waals surface area (Å²) in [5, 5.41) is 0. The van der Waals surface area contributed by atoms with E-state index in [0.717, 1.165) is 11.1 Å². The summed E-state index contributed by atoms with van der Waals surface area (Å²) in [4.78, 5) is 34.7. The van der Waals surface area contributed by atoms with Crippen LogP contribution >= 0.6 is 0 Å². The van der Waals surface area contributed by atoms with Gasteiger partial charge in [0.25, 0.3) is 0 Å². The van der Waals surface area contributed by atoms with Gasteiger partial charge in [-0.2, -0.15) is 0 Å². The van der Waals surface area contributed by atoms with Crippen molar-refractivity contribution in [2.75, 3.05) is 0 Å². The van der Waals surface area contributed by atoms with Gasteiger partial charge in [0.15, 0.2) is 11.6 Å². The minimum Gasteiger partial charge on any atom is -0.298 e. The summed E-state index contributed by atoms with van der Waals surface area (Å²) < 4.78 is 0. The van der Waals surface area contributed by atoms with E-state index in [1.165, 1.54) is 53.5 Å². The number of hydrogen-bond acceptors (Lipinski definition) is 3. The zero-order valence-corrected chi connectivity index (χ0v) is 25.7. The van der Waals surface area contributed by atoms with Crippen LogP contribution in [0.25, 0.3) is 12.2 Å². The molecule has 0 bridgehead atoms. The van der Waals surface area contributed by atoms with Crippen LogP contribution in [0.3, 0.4) is 0 Å². The van der Waals surface area contributed by atoms with Crippen molar-refractivity contribution in [3.63, 3.8) is 0 Å². The van der Waals surface area contributed by atoms with Gasteiger partial charge in [0.1, 0.15) is 6.29 Å². The van der Waals surface area contributed by atoms with E-state index in [9.17, 15) is 14.4 Å². The Hall–Kier alpha value is -4.89. The summed E-state index contributed by atoms with van der Waals surface area (Å²) in [6.07, 6.45) is 15.2. The Morgan fingerprint density at radius 3 is 1.81 bits per heavy atom. The molecule has 0 unspecified atom stereocenters. The molecule has 0 saturated carbocycles. The van der Waals surface area contributed by atoms with Gasteiger partial charge < -0.3 is 0 Å². The molecule has 0 spiro atoms. The molecule has 0 fully saturated rings. The van der Waals surface area contributed by atoms with Crippen molar-refractivity contribution in [3.8, 4) is 0 Å². The summed E-state index contributed by atoms with van der Waals surface area (Å²) in [7, 11) is 0. The van der Waals surface area contributed by atoms with Crippen molar-refractivity contribution in [1.29, 1.82) is 0 Å². The lowest BCUT2D eigenvalue weighted by molar-refractivity contribution is 0.101. The highest BCUT2D eigenvalue weighted by molar-refractivity contribution is 6.07. The fraction of sp³-hybridized carbons (Fsp3) is 0.154. The van der Waals surface area contributed by atoms with Gasteiger partial charge in [0.05, 0.1) is 0 Å². The van der Waals surface area contributed by atoms with Crippen molar-refractivity contribution in [2.24, 2.45) is 0 Å². The fourth-order valence-corrected chi connectivity index (χ4v) is 3.62. The average molecular weight is 559 g/mol. The predicted molar refractivity (Wildman–Crippen MR) is 180 cm³/mol. The molecule has 0 heterocycles. The number of aryl methyl sites for hydroxylation is 2. The zero-order valence-electron chi connectivity index (χ0n) is 25.7. The van der Waals surface area contributed by atoms with Crippen LogP contribution in [0, 0.1) is 13.8 Å². The third kappa shape index (κ3) is 13.5. The monoisotopic (exact) mass is 558 g/mol. The largest absolute Gasteiger partial charge is 0.298 e. The van der Waals surface area contributed by atoms with Crippen molar-refractivity contribution in [3.05, 3.63) is 166 Å². The second kappa shape index (κ2) is 19.2. The molecule has 3 aromatic rings. The summed E-state index contributed by atoms with van der Waals surface area (Å²) >= 11 is 0. The molecule has 0 aliphatic carbocycles. The van der Waals surface area contributed by atoms with Gasteiger partial charge in [-0.05, 0) is 82.5 Å². The highest BCUT2D eigenvalue weighted by atomic mass is 16.1. The predicted octanol–water partition coefficient (Wildman–Crippen LogP) is 10.2. The second-order valence-corrected chi connectivity index (χ2v) is 9.63. The molecule has 0 amide bonds. The number of carbonyl (C=O) groups is 3. The minimum atomic E-state index is -0.276. The Kier molecular flexibility index (Phi) is 16.1. The SMILES string of the molecule is C/C=C/c1cccc(C)c1.C=CC(/C=C/C(=O)c1cc(C=O)cc(C(C)=O)c1)=C\C(C)=C/C.C=Cc1cccc(C)c1. The zero-order chi connectivity index (χ0) is 31.5. The molecule has 0 saturated heterocycles. The van der Waals surface area contributed by atoms with Crippen molar-refractivity contribution >= 4 is 30.0 Å². The Bertz CT molecular complexity index is 1510. The molecular formula is C39H42O3. The van der Waals surface area contributed by atoms with Gasteiger partial charge in [0.2, 0.25) is 0 Å². The van der Waals surface area contributed by atoms with E-state index in [4.69, 9.17) is 0 Å². The van der Waals surface area contributed by atoms with E-state index in [2.05, 4.69) is 75.6 Å². The molecule has 3 rings (SSSR count). The van der Waals surface area contributed by atoms with Crippen LogP contribution in [-0.2, 0) is 0 Å². The van der Waals surface area contributed by atoms with Gasteiger partial charge in [0, 0.05) is 16.7 Å². The molecular weight excluding hydrogens is 516 g/mol. The molecule has 3 heteroatoms. The number of ketones is 2. The lowest BCUT2D eigenvalue weighted by Crippen LogP contribution is -2.01. The summed E-state index contributed by atoms with van der Waals surface area (Å²) in [5.74, 6) is -0.468. The molecule has 0 radical (unpaired) electrons. The fourth-order valence-electron chi connectivity index (χ4n) is 3.62. The van der Waals surface area contributed by atoms with Crippen LogP contribution in [0.15, 0.2) is 127 Å². The minimum absolute atomic E-state index is 0.192. The quantitative estimate of drug-likeness (QED) is 0.114. The van der Waals surface area contributed by atoms with E-state index in [-0.39, 0.29) is 11.6 Å². The van der Waals surface area contributed by atoms with Crippen molar-refractivity contribution in [1.82, 2.24) is 0 Å². The number of hydrogen-bond donors (Lipinski definition) is 0. The first-order chi connectivity index (χ1) is 20.1. The molecule has 0 aromatic heterocycles. The van der Waals surface area contributed by atoms with Crippen LogP contribution in [0.4, 0.5) is 0 Å². The Morgan fingerprint density at radius 1 is 0.738 bits per heavy atom. The molecule has 0 atom stereocenters. The summed E-state index contributed by atoms with van der Waals surface area (Å²) in [6.45, 7) is 18.9. The maximum atomic E-state index is 12.3. The van der Waals surface area contributed by atoms with Crippen LogP contribution in [0.5, 0.6) is 0 Å². The molecule has 3 aromatic carbocycles. The smallest absolute Gasteiger partial charge is 0.185 e. The topological polar surface area (TPSA) is 51.2 Å². The van der Waals surface area contributed by atoms with Crippen LogP contribution < -0.4 is 0 Å². The first-order valence-corrected chi connectivity index (χ1v) is 13.8. The molecule has 3 nitrogen and oxygen atoms in total. The molecule has 0 aliphatic heterocycles. The highest BCUT2D eigenvalue weighted by Crippen LogP contribution is 2.13. The highest BCUT2D eigenvalue weighted by Gasteiger charge is 2.09. The van der Waals surface area contributed by atoms with Crippen LogP contribution in [-0.4, -0.2) is 17.9 Å². The molecule has 0 aliphatic rings. The Balaban J connectivity index is 0.000000377. The van der Waals surface area contributed by atoms with Crippen molar-refractivity contribution in [2.45, 2.75) is 41.5 Å². The first-order valence-electron chi connectivity index (χ1n) is 13.8. The van der Waals surface area contributed by atoms with E-state index < -0.39 is 0 Å². The number of benzene rings is 3. The van der Waals surface area contributed by atoms with Crippen LogP contribution in [0.1, 0.15) is 81.0 Å². The van der Waals surface area contributed by atoms with Crippen molar-refractivity contribution < 1.29 is 14.4 Å². The standard InChI is InChI=1S/C20H20O3.C10H12.C9H10/c1-5-14(3)9-16(6-2)7-8-20(23)19-11-17(13-21)10-18(12-19)15(4)22;1-3-5-10-7-4-6-9(2)8-10;1-3-9-6-4-5-8(2)7-9/h5-13H,2H2,1,3-4H3;3-8H,1-2H3;3-7H,1H2,2H3/b8-7+,14-5-,16-9+;5-3+;. The number of allylic oxidation sites excluding steroid dienone is 8. The average Bonchev–Trinajstić information content (AvgIpc) is 2.99. The van der Waals surface area contributed by atoms with E-state index in [0.29, 0.717) is 23.0 Å². The number of aldehydes is 1. The Morgan fingerprint density at radius 2 is 1.33 bits per heavy atom. The Labute approximate surface area is 252 Å². The van der Waals surface area contributed by atoms with E-state index >= 15 is 0 Å². The maximum Gasteiger partial charge on any atom is 0.185 e.